The summed E-state index contributed by atoms with van der Waals surface area (Å²) in [6.07, 6.45) is 17.2. The molecule has 3 rings (SSSR count). The van der Waals surface area contributed by atoms with E-state index in [0.29, 0.717) is 18.0 Å². The van der Waals surface area contributed by atoms with Crippen molar-refractivity contribution < 1.29 is 9.53 Å². The van der Waals surface area contributed by atoms with Crippen LogP contribution in [0.25, 0.3) is 11.4 Å². The molecule has 0 spiro atoms. The van der Waals surface area contributed by atoms with Gasteiger partial charge in [-0.05, 0) is 30.2 Å². The van der Waals surface area contributed by atoms with Crippen LogP contribution in [0.1, 0.15) is 83.6 Å². The van der Waals surface area contributed by atoms with Crippen molar-refractivity contribution in [1.29, 1.82) is 0 Å². The van der Waals surface area contributed by atoms with Crippen LogP contribution in [0, 0.1) is 11.8 Å². The molecule has 2 aromatic rings. The second-order valence-electron chi connectivity index (χ2n) is 8.69. The van der Waals surface area contributed by atoms with Crippen molar-refractivity contribution >= 4 is 5.97 Å². The zero-order valence-electron chi connectivity index (χ0n) is 18.6. The van der Waals surface area contributed by atoms with Gasteiger partial charge >= 0.3 is 5.97 Å². The second-order valence-corrected chi connectivity index (χ2v) is 8.69. The summed E-state index contributed by atoms with van der Waals surface area (Å²) < 4.78 is 5.13. The largest absolute Gasteiger partial charge is 0.423 e. The van der Waals surface area contributed by atoms with E-state index < -0.39 is 0 Å². The van der Waals surface area contributed by atoms with E-state index in [9.17, 15) is 4.79 Å². The average molecular weight is 409 g/mol. The summed E-state index contributed by atoms with van der Waals surface area (Å²) in [7, 11) is 0. The van der Waals surface area contributed by atoms with Gasteiger partial charge in [0.15, 0.2) is 11.6 Å². The maximum absolute atomic E-state index is 11.3. The summed E-state index contributed by atoms with van der Waals surface area (Å²) >= 11 is 0. The lowest BCUT2D eigenvalue weighted by atomic mass is 9.78. The summed E-state index contributed by atoms with van der Waals surface area (Å²) in [4.78, 5) is 20.0. The third-order valence-electron chi connectivity index (χ3n) is 6.38. The van der Waals surface area contributed by atoms with Crippen LogP contribution >= 0.6 is 0 Å². The van der Waals surface area contributed by atoms with Gasteiger partial charge in [-0.15, -0.1) is 0 Å². The minimum absolute atomic E-state index is 0.277. The number of hydrogen-bond donors (Lipinski definition) is 0. The van der Waals surface area contributed by atoms with Gasteiger partial charge in [-0.25, -0.2) is 9.97 Å². The van der Waals surface area contributed by atoms with Crippen molar-refractivity contribution in [3.8, 4) is 17.1 Å². The molecule has 1 aliphatic carbocycles. The first kappa shape index (κ1) is 22.5. The van der Waals surface area contributed by atoms with Crippen LogP contribution < -0.4 is 4.74 Å². The van der Waals surface area contributed by atoms with Crippen LogP contribution in [0.4, 0.5) is 0 Å². The molecular weight excluding hydrogens is 372 g/mol. The number of unbranched alkanes of at least 4 members (excludes halogenated alkanes) is 2. The number of aromatic nitrogens is 2. The summed E-state index contributed by atoms with van der Waals surface area (Å²) in [5.41, 5.74) is 2.37. The van der Waals surface area contributed by atoms with Crippen molar-refractivity contribution in [3.63, 3.8) is 0 Å². The summed E-state index contributed by atoms with van der Waals surface area (Å²) in [6.45, 7) is 4.05. The number of benzene rings is 1. The minimum atomic E-state index is -0.277. The SMILES string of the molecule is CCCCCC1CCC(CCc2ccc(-c3ncc(OC(=O)CC)cn3)cc2)CC1. The van der Waals surface area contributed by atoms with E-state index in [-0.39, 0.29) is 5.97 Å². The third-order valence-corrected chi connectivity index (χ3v) is 6.38. The first-order valence-corrected chi connectivity index (χ1v) is 11.8. The van der Waals surface area contributed by atoms with Gasteiger partial charge in [0.05, 0.1) is 12.4 Å². The van der Waals surface area contributed by atoms with Crippen molar-refractivity contribution in [1.82, 2.24) is 9.97 Å². The molecule has 4 heteroatoms. The quantitative estimate of drug-likeness (QED) is 0.321. The normalized spacial score (nSPS) is 18.9. The van der Waals surface area contributed by atoms with Crippen LogP contribution in [0.2, 0.25) is 0 Å². The highest BCUT2D eigenvalue weighted by Crippen LogP contribution is 2.34. The van der Waals surface area contributed by atoms with Gasteiger partial charge in [-0.2, -0.15) is 0 Å². The van der Waals surface area contributed by atoms with E-state index in [0.717, 1.165) is 23.8 Å². The smallest absolute Gasteiger partial charge is 0.311 e. The molecule has 1 fully saturated rings. The molecule has 0 saturated heterocycles. The molecule has 1 aromatic heterocycles. The highest BCUT2D eigenvalue weighted by atomic mass is 16.5. The van der Waals surface area contributed by atoms with Crippen molar-refractivity contribution in [2.75, 3.05) is 0 Å². The van der Waals surface area contributed by atoms with E-state index in [1.54, 1.807) is 19.3 Å². The number of carbonyl (C=O) groups excluding carboxylic acids is 1. The predicted octanol–water partition coefficient (Wildman–Crippen LogP) is 6.78. The Hall–Kier alpha value is -2.23. The molecule has 1 aromatic carbocycles. The van der Waals surface area contributed by atoms with Crippen molar-refractivity contribution in [3.05, 3.63) is 42.2 Å². The predicted molar refractivity (Wildman–Crippen MR) is 121 cm³/mol. The van der Waals surface area contributed by atoms with Crippen LogP contribution in [0.3, 0.4) is 0 Å². The molecule has 1 saturated carbocycles. The summed E-state index contributed by atoms with van der Waals surface area (Å²) in [5, 5.41) is 0. The van der Waals surface area contributed by atoms with Gasteiger partial charge in [0, 0.05) is 12.0 Å². The number of ether oxygens (including phenoxy) is 1. The molecule has 4 nitrogen and oxygen atoms in total. The van der Waals surface area contributed by atoms with Crippen LogP contribution in [0.15, 0.2) is 36.7 Å². The van der Waals surface area contributed by atoms with E-state index in [2.05, 4.69) is 41.2 Å². The molecule has 1 heterocycles. The van der Waals surface area contributed by atoms with E-state index in [1.807, 2.05) is 0 Å². The topological polar surface area (TPSA) is 52.1 Å². The lowest BCUT2D eigenvalue weighted by Gasteiger charge is -2.28. The number of esters is 1. The van der Waals surface area contributed by atoms with Gasteiger partial charge in [0.25, 0.3) is 0 Å². The summed E-state index contributed by atoms with van der Waals surface area (Å²) in [5.74, 6) is 2.65. The van der Waals surface area contributed by atoms with E-state index in [4.69, 9.17) is 4.74 Å². The average Bonchev–Trinajstić information content (AvgIpc) is 2.79. The Labute approximate surface area is 181 Å². The van der Waals surface area contributed by atoms with Gasteiger partial charge in [0.1, 0.15) is 0 Å². The Morgan fingerprint density at radius 3 is 2.17 bits per heavy atom. The molecule has 0 bridgehead atoms. The van der Waals surface area contributed by atoms with Crippen LogP contribution in [-0.4, -0.2) is 15.9 Å². The molecule has 1 aliphatic rings. The standard InChI is InChI=1S/C26H36N2O2/c1-3-5-6-7-20-8-10-21(11-9-20)12-13-22-14-16-23(17-15-22)26-27-18-24(19-28-26)30-25(29)4-2/h14-21H,3-13H2,1-2H3. The highest BCUT2D eigenvalue weighted by molar-refractivity contribution is 5.71. The zero-order chi connectivity index (χ0) is 21.2. The molecule has 30 heavy (non-hydrogen) atoms. The van der Waals surface area contributed by atoms with Gasteiger partial charge in [-0.1, -0.05) is 89.5 Å². The highest BCUT2D eigenvalue weighted by Gasteiger charge is 2.20. The maximum Gasteiger partial charge on any atom is 0.311 e. The lowest BCUT2D eigenvalue weighted by Crippen LogP contribution is -2.15. The number of carbonyl (C=O) groups is 1. The molecule has 0 unspecified atom stereocenters. The Morgan fingerprint density at radius 2 is 1.57 bits per heavy atom. The Kier molecular flexibility index (Phi) is 8.85. The monoisotopic (exact) mass is 408 g/mol. The molecule has 0 amide bonds. The first-order valence-electron chi connectivity index (χ1n) is 11.8. The molecule has 0 N–H and O–H groups in total. The maximum atomic E-state index is 11.3. The lowest BCUT2D eigenvalue weighted by molar-refractivity contribution is -0.134. The molecular formula is C26H36N2O2. The Balaban J connectivity index is 1.43. The second kappa shape index (κ2) is 11.8. The molecule has 0 aliphatic heterocycles. The van der Waals surface area contributed by atoms with Gasteiger partial charge in [0.2, 0.25) is 0 Å². The van der Waals surface area contributed by atoms with Crippen molar-refractivity contribution in [2.45, 2.75) is 84.5 Å². The fraction of sp³-hybridized carbons (Fsp3) is 0.577. The van der Waals surface area contributed by atoms with Crippen LogP contribution in [0.5, 0.6) is 5.75 Å². The van der Waals surface area contributed by atoms with Gasteiger partial charge < -0.3 is 4.74 Å². The van der Waals surface area contributed by atoms with Crippen LogP contribution in [-0.2, 0) is 11.2 Å². The first-order chi connectivity index (χ1) is 14.7. The van der Waals surface area contributed by atoms with E-state index in [1.165, 1.54) is 63.4 Å². The Morgan fingerprint density at radius 1 is 0.933 bits per heavy atom. The number of rotatable bonds is 10. The molecule has 0 atom stereocenters. The number of aryl methyl sites for hydroxylation is 1. The van der Waals surface area contributed by atoms with Crippen molar-refractivity contribution in [2.24, 2.45) is 11.8 Å². The Bertz CT molecular complexity index is 763. The fourth-order valence-corrected chi connectivity index (χ4v) is 4.40. The van der Waals surface area contributed by atoms with E-state index >= 15 is 0 Å². The minimum Gasteiger partial charge on any atom is -0.423 e. The zero-order valence-corrected chi connectivity index (χ0v) is 18.6. The number of hydrogen-bond acceptors (Lipinski definition) is 4. The fourth-order valence-electron chi connectivity index (χ4n) is 4.40. The molecule has 162 valence electrons. The summed E-state index contributed by atoms with van der Waals surface area (Å²) in [6, 6.07) is 8.57. The number of nitrogens with zero attached hydrogens (tertiary/aromatic N) is 2. The third kappa shape index (κ3) is 6.93. The molecule has 0 radical (unpaired) electrons. The van der Waals surface area contributed by atoms with Gasteiger partial charge in [-0.3, -0.25) is 4.79 Å².